The lowest BCUT2D eigenvalue weighted by Gasteiger charge is -2.12. The zero-order valence-electron chi connectivity index (χ0n) is 17.6. The third-order valence-corrected chi connectivity index (χ3v) is 6.49. The van der Waals surface area contributed by atoms with Crippen molar-refractivity contribution in [2.45, 2.75) is 4.90 Å². The average molecular weight is 511 g/mol. The average Bonchev–Trinajstić information content (AvgIpc) is 2.80. The van der Waals surface area contributed by atoms with Crippen molar-refractivity contribution in [3.05, 3.63) is 70.7 Å². The maximum atomic E-state index is 12.6. The molecule has 0 spiro atoms. The maximum absolute atomic E-state index is 12.6. The molecule has 174 valence electrons. The van der Waals surface area contributed by atoms with Gasteiger partial charge in [0.1, 0.15) is 17.2 Å². The fourth-order valence-electron chi connectivity index (χ4n) is 2.73. The van der Waals surface area contributed by atoms with Crippen molar-refractivity contribution in [2.24, 2.45) is 0 Å². The van der Waals surface area contributed by atoms with Crippen molar-refractivity contribution >= 4 is 50.5 Å². The summed E-state index contributed by atoms with van der Waals surface area (Å²) < 4.78 is 43.4. The van der Waals surface area contributed by atoms with Gasteiger partial charge in [-0.1, -0.05) is 23.2 Å². The van der Waals surface area contributed by atoms with Gasteiger partial charge >= 0.3 is 0 Å². The van der Waals surface area contributed by atoms with E-state index in [0.717, 1.165) is 0 Å². The van der Waals surface area contributed by atoms with Gasteiger partial charge in [0.2, 0.25) is 0 Å². The van der Waals surface area contributed by atoms with Crippen LogP contribution in [0.1, 0.15) is 0 Å². The van der Waals surface area contributed by atoms with E-state index in [2.05, 4.69) is 10.0 Å². The molecule has 0 saturated carbocycles. The minimum Gasteiger partial charge on any atom is -0.497 e. The second-order valence-electron chi connectivity index (χ2n) is 6.61. The van der Waals surface area contributed by atoms with E-state index in [0.29, 0.717) is 28.0 Å². The Balaban J connectivity index is 1.60. The first-order valence-corrected chi connectivity index (χ1v) is 11.7. The zero-order chi connectivity index (χ0) is 24.0. The Labute approximate surface area is 201 Å². The molecule has 0 aliphatic rings. The lowest BCUT2D eigenvalue weighted by atomic mass is 10.2. The Hall–Kier alpha value is -3.14. The molecule has 0 unspecified atom stereocenters. The zero-order valence-corrected chi connectivity index (χ0v) is 19.9. The minimum absolute atomic E-state index is 0.00773. The molecule has 3 aromatic rings. The van der Waals surface area contributed by atoms with Crippen LogP contribution in [0.2, 0.25) is 10.0 Å². The van der Waals surface area contributed by atoms with Gasteiger partial charge in [-0.25, -0.2) is 8.42 Å². The number of rotatable bonds is 9. The molecular formula is C22H20Cl2N2O6S. The summed E-state index contributed by atoms with van der Waals surface area (Å²) in [6.45, 7) is -0.289. The molecule has 3 aromatic carbocycles. The molecular weight excluding hydrogens is 491 g/mol. The second kappa shape index (κ2) is 10.7. The molecule has 8 nitrogen and oxygen atoms in total. The van der Waals surface area contributed by atoms with Crippen LogP contribution < -0.4 is 24.2 Å². The molecule has 33 heavy (non-hydrogen) atoms. The van der Waals surface area contributed by atoms with Crippen molar-refractivity contribution in [1.82, 2.24) is 0 Å². The monoisotopic (exact) mass is 510 g/mol. The molecule has 3 rings (SSSR count). The lowest BCUT2D eigenvalue weighted by molar-refractivity contribution is -0.118. The predicted octanol–water partition coefficient (Wildman–Crippen LogP) is 4.83. The van der Waals surface area contributed by atoms with Gasteiger partial charge in [0.05, 0.1) is 40.5 Å². The molecule has 0 saturated heterocycles. The fourth-order valence-corrected chi connectivity index (χ4v) is 4.07. The van der Waals surface area contributed by atoms with Crippen molar-refractivity contribution < 1.29 is 27.4 Å². The standard InChI is InChI=1S/C22H20Cl2N2O6S/c1-30-16-6-10-20(21(12-16)31-2)25-22(27)13-32-15-4-7-17(8-5-15)33(28,29)26-14-3-9-18(23)19(24)11-14/h3-12,26H,13H2,1-2H3,(H,25,27). The molecule has 0 radical (unpaired) electrons. The Morgan fingerprint density at radius 1 is 0.879 bits per heavy atom. The molecule has 11 heteroatoms. The smallest absolute Gasteiger partial charge is 0.262 e. The predicted molar refractivity (Wildman–Crippen MR) is 127 cm³/mol. The van der Waals surface area contributed by atoms with E-state index in [-0.39, 0.29) is 22.2 Å². The Bertz CT molecular complexity index is 1250. The summed E-state index contributed by atoms with van der Waals surface area (Å²) in [4.78, 5) is 12.2. The molecule has 2 N–H and O–H groups in total. The number of amides is 1. The molecule has 0 atom stereocenters. The molecule has 1 amide bonds. The van der Waals surface area contributed by atoms with Crippen LogP contribution in [0.3, 0.4) is 0 Å². The Morgan fingerprint density at radius 3 is 2.21 bits per heavy atom. The van der Waals surface area contributed by atoms with Gasteiger partial charge in [-0.05, 0) is 54.6 Å². The summed E-state index contributed by atoms with van der Waals surface area (Å²) in [5, 5.41) is 3.23. The van der Waals surface area contributed by atoms with E-state index < -0.39 is 15.9 Å². The third kappa shape index (κ3) is 6.44. The lowest BCUT2D eigenvalue weighted by Crippen LogP contribution is -2.20. The van der Waals surface area contributed by atoms with Crippen molar-refractivity contribution in [3.63, 3.8) is 0 Å². The summed E-state index contributed by atoms with van der Waals surface area (Å²) in [6, 6.07) is 15.0. The van der Waals surface area contributed by atoms with Crippen LogP contribution in [0.15, 0.2) is 65.6 Å². The van der Waals surface area contributed by atoms with E-state index in [9.17, 15) is 13.2 Å². The Kier molecular flexibility index (Phi) is 7.91. The molecule has 0 bridgehead atoms. The number of ether oxygens (including phenoxy) is 3. The van der Waals surface area contributed by atoms with Crippen LogP contribution in [0.25, 0.3) is 0 Å². The molecule has 0 aliphatic carbocycles. The van der Waals surface area contributed by atoms with Gasteiger partial charge in [-0.15, -0.1) is 0 Å². The van der Waals surface area contributed by atoms with E-state index in [4.69, 9.17) is 37.4 Å². The van der Waals surface area contributed by atoms with Crippen molar-refractivity contribution in [3.8, 4) is 17.2 Å². The highest BCUT2D eigenvalue weighted by Crippen LogP contribution is 2.29. The number of hydrogen-bond acceptors (Lipinski definition) is 6. The highest BCUT2D eigenvalue weighted by Gasteiger charge is 2.15. The SMILES string of the molecule is COc1ccc(NC(=O)COc2ccc(S(=O)(=O)Nc3ccc(Cl)c(Cl)c3)cc2)c(OC)c1. The maximum Gasteiger partial charge on any atom is 0.262 e. The van der Waals surface area contributed by atoms with Crippen LogP contribution in [0.5, 0.6) is 17.2 Å². The topological polar surface area (TPSA) is 103 Å². The van der Waals surface area contributed by atoms with Crippen LogP contribution in [-0.4, -0.2) is 35.2 Å². The summed E-state index contributed by atoms with van der Waals surface area (Å²) in [6.07, 6.45) is 0. The molecule has 0 aliphatic heterocycles. The number of methoxy groups -OCH3 is 2. The van der Waals surface area contributed by atoms with Crippen molar-refractivity contribution in [1.29, 1.82) is 0 Å². The van der Waals surface area contributed by atoms with Crippen LogP contribution in [0, 0.1) is 0 Å². The third-order valence-electron chi connectivity index (χ3n) is 4.36. The van der Waals surface area contributed by atoms with E-state index >= 15 is 0 Å². The number of sulfonamides is 1. The first kappa shape index (κ1) is 24.5. The minimum atomic E-state index is -3.86. The number of hydrogen-bond donors (Lipinski definition) is 2. The van der Waals surface area contributed by atoms with E-state index in [1.165, 1.54) is 56.7 Å². The van der Waals surface area contributed by atoms with Gasteiger partial charge in [0.25, 0.3) is 15.9 Å². The van der Waals surface area contributed by atoms with Gasteiger partial charge < -0.3 is 19.5 Å². The van der Waals surface area contributed by atoms with E-state index in [1.54, 1.807) is 18.2 Å². The number of carbonyl (C=O) groups excluding carboxylic acids is 1. The van der Waals surface area contributed by atoms with E-state index in [1.807, 2.05) is 0 Å². The van der Waals surface area contributed by atoms with Gasteiger partial charge in [0.15, 0.2) is 6.61 Å². The number of halogens is 2. The number of carbonyl (C=O) groups is 1. The van der Waals surface area contributed by atoms with Crippen LogP contribution in [-0.2, 0) is 14.8 Å². The fraction of sp³-hybridized carbons (Fsp3) is 0.136. The Morgan fingerprint density at radius 2 is 1.58 bits per heavy atom. The highest BCUT2D eigenvalue weighted by atomic mass is 35.5. The molecule has 0 fully saturated rings. The van der Waals surface area contributed by atoms with Crippen molar-refractivity contribution in [2.75, 3.05) is 30.9 Å². The van der Waals surface area contributed by atoms with Gasteiger partial charge in [-0.3, -0.25) is 9.52 Å². The second-order valence-corrected chi connectivity index (χ2v) is 9.11. The summed E-state index contributed by atoms with van der Waals surface area (Å²) in [5.74, 6) is 0.924. The summed E-state index contributed by atoms with van der Waals surface area (Å²) in [7, 11) is -0.848. The van der Waals surface area contributed by atoms with Gasteiger partial charge in [0, 0.05) is 6.07 Å². The molecule has 0 heterocycles. The van der Waals surface area contributed by atoms with Crippen LogP contribution >= 0.6 is 23.2 Å². The number of benzene rings is 3. The largest absolute Gasteiger partial charge is 0.497 e. The number of anilines is 2. The van der Waals surface area contributed by atoms with Gasteiger partial charge in [-0.2, -0.15) is 0 Å². The highest BCUT2D eigenvalue weighted by molar-refractivity contribution is 7.92. The number of nitrogens with one attached hydrogen (secondary N) is 2. The summed E-state index contributed by atoms with van der Waals surface area (Å²) >= 11 is 11.8. The quantitative estimate of drug-likeness (QED) is 0.427. The molecule has 0 aromatic heterocycles. The first-order valence-electron chi connectivity index (χ1n) is 9.44. The summed E-state index contributed by atoms with van der Waals surface area (Å²) in [5.41, 5.74) is 0.733. The van der Waals surface area contributed by atoms with Crippen LogP contribution in [0.4, 0.5) is 11.4 Å². The normalized spacial score (nSPS) is 10.9. The first-order chi connectivity index (χ1) is 15.7.